The number of nitrogens with two attached hydrogens (primary N) is 1. The molecular weight excluding hydrogens is 196 g/mol. The van der Waals surface area contributed by atoms with Crippen molar-refractivity contribution in [2.24, 2.45) is 5.73 Å². The van der Waals surface area contributed by atoms with E-state index < -0.39 is 0 Å². The molecule has 2 heterocycles. The van der Waals surface area contributed by atoms with E-state index in [1.54, 1.807) is 0 Å². The molecule has 0 saturated carbocycles. The lowest BCUT2D eigenvalue weighted by Crippen LogP contribution is -2.55. The first-order chi connectivity index (χ1) is 7.84. The van der Waals surface area contributed by atoms with Crippen molar-refractivity contribution in [3.05, 3.63) is 30.3 Å². The SMILES string of the molecule is NC1CC2CCCC(C1)N2c1ccccc1. The summed E-state index contributed by atoms with van der Waals surface area (Å²) in [5.41, 5.74) is 7.53. The van der Waals surface area contributed by atoms with Crippen molar-refractivity contribution in [2.75, 3.05) is 4.90 Å². The quantitative estimate of drug-likeness (QED) is 0.781. The standard InChI is InChI=1S/C14H20N2/c15-11-9-13-7-4-8-14(10-11)16(13)12-5-2-1-3-6-12/h1-3,5-6,11,13-14H,4,7-10,15H2. The molecule has 2 nitrogen and oxygen atoms in total. The Bertz CT molecular complexity index is 335. The van der Waals surface area contributed by atoms with E-state index in [0.29, 0.717) is 18.1 Å². The molecule has 0 amide bonds. The Kier molecular flexibility index (Phi) is 2.60. The van der Waals surface area contributed by atoms with Gasteiger partial charge in [-0.25, -0.2) is 0 Å². The molecule has 3 rings (SSSR count). The van der Waals surface area contributed by atoms with Gasteiger partial charge in [-0.15, -0.1) is 0 Å². The molecule has 2 unspecified atom stereocenters. The molecule has 2 aliphatic heterocycles. The van der Waals surface area contributed by atoms with Crippen molar-refractivity contribution in [1.29, 1.82) is 0 Å². The molecule has 2 saturated heterocycles. The average Bonchev–Trinajstić information content (AvgIpc) is 2.29. The van der Waals surface area contributed by atoms with Gasteiger partial charge in [-0.2, -0.15) is 0 Å². The van der Waals surface area contributed by atoms with Crippen LogP contribution in [-0.2, 0) is 0 Å². The number of hydrogen-bond acceptors (Lipinski definition) is 2. The first-order valence-electron chi connectivity index (χ1n) is 6.43. The highest BCUT2D eigenvalue weighted by Gasteiger charge is 2.36. The summed E-state index contributed by atoms with van der Waals surface area (Å²) in [5.74, 6) is 0. The van der Waals surface area contributed by atoms with Crippen LogP contribution in [0.3, 0.4) is 0 Å². The molecule has 0 radical (unpaired) electrons. The van der Waals surface area contributed by atoms with Crippen LogP contribution in [0.4, 0.5) is 5.69 Å². The molecular formula is C14H20N2. The maximum Gasteiger partial charge on any atom is 0.0371 e. The minimum atomic E-state index is 0.426. The van der Waals surface area contributed by atoms with Crippen LogP contribution in [0.5, 0.6) is 0 Å². The Morgan fingerprint density at radius 1 is 1.00 bits per heavy atom. The number of piperidine rings is 2. The van der Waals surface area contributed by atoms with E-state index in [0.717, 1.165) is 0 Å². The Morgan fingerprint density at radius 3 is 2.25 bits per heavy atom. The third-order valence-corrected chi connectivity index (χ3v) is 4.07. The van der Waals surface area contributed by atoms with E-state index in [2.05, 4.69) is 35.2 Å². The van der Waals surface area contributed by atoms with Crippen LogP contribution >= 0.6 is 0 Å². The predicted octanol–water partition coefficient (Wildman–Crippen LogP) is 2.54. The number of benzene rings is 1. The van der Waals surface area contributed by atoms with Crippen molar-refractivity contribution < 1.29 is 0 Å². The van der Waals surface area contributed by atoms with Gasteiger partial charge in [-0.05, 0) is 44.2 Å². The maximum atomic E-state index is 6.14. The molecule has 0 spiro atoms. The van der Waals surface area contributed by atoms with Crippen molar-refractivity contribution in [3.63, 3.8) is 0 Å². The third kappa shape index (κ3) is 1.71. The lowest BCUT2D eigenvalue weighted by atomic mass is 9.81. The van der Waals surface area contributed by atoms with Crippen LogP contribution in [-0.4, -0.2) is 18.1 Å². The molecule has 0 aliphatic carbocycles. The summed E-state index contributed by atoms with van der Waals surface area (Å²) < 4.78 is 0. The van der Waals surface area contributed by atoms with Crippen LogP contribution in [0.1, 0.15) is 32.1 Å². The summed E-state index contributed by atoms with van der Waals surface area (Å²) in [6, 6.07) is 12.6. The summed E-state index contributed by atoms with van der Waals surface area (Å²) in [6.45, 7) is 0. The zero-order valence-corrected chi connectivity index (χ0v) is 9.68. The van der Waals surface area contributed by atoms with E-state index in [9.17, 15) is 0 Å². The lowest BCUT2D eigenvalue weighted by Gasteiger charge is -2.49. The second-order valence-corrected chi connectivity index (χ2v) is 5.21. The third-order valence-electron chi connectivity index (χ3n) is 4.07. The maximum absolute atomic E-state index is 6.14. The smallest absolute Gasteiger partial charge is 0.0371 e. The van der Waals surface area contributed by atoms with E-state index in [1.807, 2.05) is 0 Å². The van der Waals surface area contributed by atoms with Gasteiger partial charge in [-0.1, -0.05) is 18.2 Å². The van der Waals surface area contributed by atoms with Crippen molar-refractivity contribution in [3.8, 4) is 0 Å². The molecule has 2 bridgehead atoms. The Hall–Kier alpha value is -1.02. The van der Waals surface area contributed by atoms with Gasteiger partial charge in [0.1, 0.15) is 0 Å². The number of nitrogens with zero attached hydrogens (tertiary/aromatic N) is 1. The molecule has 16 heavy (non-hydrogen) atoms. The topological polar surface area (TPSA) is 29.3 Å². The highest BCUT2D eigenvalue weighted by atomic mass is 15.2. The van der Waals surface area contributed by atoms with E-state index in [1.165, 1.54) is 37.8 Å². The van der Waals surface area contributed by atoms with Gasteiger partial charge < -0.3 is 10.6 Å². The number of anilines is 1. The van der Waals surface area contributed by atoms with Crippen molar-refractivity contribution in [2.45, 2.75) is 50.2 Å². The summed E-state index contributed by atoms with van der Waals surface area (Å²) in [4.78, 5) is 2.63. The molecule has 2 heteroatoms. The molecule has 1 aromatic carbocycles. The zero-order valence-electron chi connectivity index (χ0n) is 9.68. The van der Waals surface area contributed by atoms with Crippen LogP contribution in [0.25, 0.3) is 0 Å². The summed E-state index contributed by atoms with van der Waals surface area (Å²) in [6.07, 6.45) is 6.36. The van der Waals surface area contributed by atoms with E-state index >= 15 is 0 Å². The molecule has 0 aromatic heterocycles. The lowest BCUT2D eigenvalue weighted by molar-refractivity contribution is 0.271. The van der Waals surface area contributed by atoms with Crippen molar-refractivity contribution in [1.82, 2.24) is 0 Å². The normalized spacial score (nSPS) is 33.8. The molecule has 2 fully saturated rings. The minimum Gasteiger partial charge on any atom is -0.365 e. The van der Waals surface area contributed by atoms with Gasteiger partial charge in [0.2, 0.25) is 0 Å². The van der Waals surface area contributed by atoms with Gasteiger partial charge >= 0.3 is 0 Å². The largest absolute Gasteiger partial charge is 0.365 e. The monoisotopic (exact) mass is 216 g/mol. The van der Waals surface area contributed by atoms with Crippen LogP contribution in [0.2, 0.25) is 0 Å². The Balaban J connectivity index is 1.89. The molecule has 2 N–H and O–H groups in total. The summed E-state index contributed by atoms with van der Waals surface area (Å²) in [7, 11) is 0. The van der Waals surface area contributed by atoms with Gasteiger partial charge in [0.05, 0.1) is 0 Å². The number of fused-ring (bicyclic) bond motifs is 2. The number of hydrogen-bond donors (Lipinski definition) is 1. The Labute approximate surface area is 97.4 Å². The molecule has 86 valence electrons. The minimum absolute atomic E-state index is 0.426. The molecule has 2 atom stereocenters. The van der Waals surface area contributed by atoms with Gasteiger partial charge in [0.25, 0.3) is 0 Å². The Morgan fingerprint density at radius 2 is 1.62 bits per heavy atom. The van der Waals surface area contributed by atoms with Crippen molar-refractivity contribution >= 4 is 5.69 Å². The number of para-hydroxylation sites is 1. The summed E-state index contributed by atoms with van der Waals surface area (Å²) in [5, 5.41) is 0. The predicted molar refractivity (Wildman–Crippen MR) is 67.6 cm³/mol. The van der Waals surface area contributed by atoms with Gasteiger partial charge in [-0.3, -0.25) is 0 Å². The molecule has 1 aromatic rings. The van der Waals surface area contributed by atoms with Crippen LogP contribution < -0.4 is 10.6 Å². The highest BCUT2D eigenvalue weighted by Crippen LogP contribution is 2.36. The van der Waals surface area contributed by atoms with Crippen LogP contribution in [0, 0.1) is 0 Å². The highest BCUT2D eigenvalue weighted by molar-refractivity contribution is 5.49. The second kappa shape index (κ2) is 4.10. The fourth-order valence-corrected chi connectivity index (χ4v) is 3.45. The fraction of sp³-hybridized carbons (Fsp3) is 0.571. The van der Waals surface area contributed by atoms with E-state index in [-0.39, 0.29) is 0 Å². The number of rotatable bonds is 1. The van der Waals surface area contributed by atoms with Crippen LogP contribution in [0.15, 0.2) is 30.3 Å². The van der Waals surface area contributed by atoms with E-state index in [4.69, 9.17) is 5.73 Å². The zero-order chi connectivity index (χ0) is 11.0. The molecule has 2 aliphatic rings. The van der Waals surface area contributed by atoms with Gasteiger partial charge in [0.15, 0.2) is 0 Å². The fourth-order valence-electron chi connectivity index (χ4n) is 3.45. The second-order valence-electron chi connectivity index (χ2n) is 5.21. The average molecular weight is 216 g/mol. The summed E-state index contributed by atoms with van der Waals surface area (Å²) >= 11 is 0. The first-order valence-corrected chi connectivity index (χ1v) is 6.43. The van der Waals surface area contributed by atoms with Gasteiger partial charge in [0, 0.05) is 23.8 Å². The first kappa shape index (κ1) is 10.2.